The normalized spacial score (nSPS) is 18.3. The summed E-state index contributed by atoms with van der Waals surface area (Å²) in [5, 5.41) is 9.79. The summed E-state index contributed by atoms with van der Waals surface area (Å²) in [6.45, 7) is 11.2. The molecule has 0 N–H and O–H groups in total. The molecule has 0 saturated carbocycles. The molecule has 6 nitrogen and oxygen atoms in total. The summed E-state index contributed by atoms with van der Waals surface area (Å²) < 4.78 is 2.33. The van der Waals surface area contributed by atoms with E-state index < -0.39 is 0 Å². The monoisotopic (exact) mass is 500 g/mol. The third kappa shape index (κ3) is 5.58. The Morgan fingerprint density at radius 1 is 1.12 bits per heavy atom. The van der Waals surface area contributed by atoms with Gasteiger partial charge in [-0.1, -0.05) is 64.0 Å². The number of hydrogen-bond donors (Lipinski definition) is 0. The Kier molecular flexibility index (Phi) is 9.38. The molecule has 2 aliphatic rings. The molecule has 1 amide bonds. The van der Waals surface area contributed by atoms with Gasteiger partial charge in [-0.15, -0.1) is 0 Å². The molecule has 0 aliphatic carbocycles. The molecular weight excluding hydrogens is 464 g/mol. The van der Waals surface area contributed by atoms with Crippen LogP contribution in [0.1, 0.15) is 82.4 Å². The number of amides is 1. The molecule has 8 heteroatoms. The average Bonchev–Trinajstić information content (AvgIpc) is 3.08. The highest BCUT2D eigenvalue weighted by atomic mass is 32.2. The first-order valence-corrected chi connectivity index (χ1v) is 13.7. The van der Waals surface area contributed by atoms with Gasteiger partial charge in [0.15, 0.2) is 0 Å². The molecule has 1 aromatic rings. The van der Waals surface area contributed by atoms with E-state index in [-0.39, 0.29) is 17.0 Å². The predicted molar refractivity (Wildman–Crippen MR) is 145 cm³/mol. The smallest absolute Gasteiger partial charge is 0.270 e. The van der Waals surface area contributed by atoms with Crippen molar-refractivity contribution in [1.82, 2.24) is 9.47 Å². The third-order valence-electron chi connectivity index (χ3n) is 6.76. The minimum absolute atomic E-state index is 0.0733. The number of pyridine rings is 1. The number of anilines is 1. The van der Waals surface area contributed by atoms with Crippen LogP contribution in [0, 0.1) is 24.2 Å². The Hall–Kier alpha value is -2.11. The molecule has 3 heterocycles. The highest BCUT2D eigenvalue weighted by Crippen LogP contribution is 2.37. The highest BCUT2D eigenvalue weighted by molar-refractivity contribution is 8.26. The Balaban J connectivity index is 2.08. The van der Waals surface area contributed by atoms with Crippen LogP contribution in [0.5, 0.6) is 0 Å². The van der Waals surface area contributed by atoms with Gasteiger partial charge in [0.2, 0.25) is 0 Å². The molecule has 1 aromatic heterocycles. The van der Waals surface area contributed by atoms with Crippen molar-refractivity contribution < 1.29 is 4.79 Å². The fraction of sp³-hybridized carbons (Fsp3) is 0.615. The SMILES string of the molecule is CCCCCCN1C(=O)/C(=C\c2c(C)c(C#N)c(=O)n(CCC)c2N2CCC(C)CC2)SC1=S. The van der Waals surface area contributed by atoms with Gasteiger partial charge >= 0.3 is 0 Å². The van der Waals surface area contributed by atoms with Crippen LogP contribution in [0.3, 0.4) is 0 Å². The lowest BCUT2D eigenvalue weighted by atomic mass is 9.97. The summed E-state index contributed by atoms with van der Waals surface area (Å²) in [7, 11) is 0. The number of carbonyl (C=O) groups excluding carboxylic acids is 1. The maximum atomic E-state index is 13.3. The molecule has 0 spiro atoms. The van der Waals surface area contributed by atoms with Crippen LogP contribution in [-0.4, -0.2) is 39.3 Å². The second-order valence-electron chi connectivity index (χ2n) is 9.37. The van der Waals surface area contributed by atoms with E-state index in [0.29, 0.717) is 33.8 Å². The van der Waals surface area contributed by atoms with Crippen LogP contribution >= 0.6 is 24.0 Å². The summed E-state index contributed by atoms with van der Waals surface area (Å²) in [5.41, 5.74) is 1.35. The van der Waals surface area contributed by atoms with Gasteiger partial charge < -0.3 is 4.90 Å². The van der Waals surface area contributed by atoms with Crippen molar-refractivity contribution in [1.29, 1.82) is 5.26 Å². The number of rotatable bonds is 9. The number of nitriles is 1. The molecule has 184 valence electrons. The zero-order valence-electron chi connectivity index (χ0n) is 20.9. The number of aromatic nitrogens is 1. The first-order chi connectivity index (χ1) is 16.3. The van der Waals surface area contributed by atoms with E-state index in [0.717, 1.165) is 69.4 Å². The van der Waals surface area contributed by atoms with E-state index in [1.54, 1.807) is 9.47 Å². The van der Waals surface area contributed by atoms with Gasteiger partial charge in [0, 0.05) is 31.7 Å². The number of piperidine rings is 1. The van der Waals surface area contributed by atoms with Crippen LogP contribution in [0.15, 0.2) is 9.70 Å². The number of thioether (sulfide) groups is 1. The van der Waals surface area contributed by atoms with Crippen molar-refractivity contribution in [3.63, 3.8) is 0 Å². The van der Waals surface area contributed by atoms with Gasteiger partial charge in [0.05, 0.1) is 4.91 Å². The molecule has 0 aromatic carbocycles. The number of unbranched alkanes of at least 4 members (excludes halogenated alkanes) is 3. The number of nitrogens with zero attached hydrogens (tertiary/aromatic N) is 4. The second kappa shape index (κ2) is 12.0. The molecule has 2 aliphatic heterocycles. The first kappa shape index (κ1) is 26.5. The van der Waals surface area contributed by atoms with Gasteiger partial charge in [-0.3, -0.25) is 19.1 Å². The molecule has 2 fully saturated rings. The summed E-state index contributed by atoms with van der Waals surface area (Å²) in [6.07, 6.45) is 9.07. The van der Waals surface area contributed by atoms with Crippen LogP contribution < -0.4 is 10.5 Å². The lowest BCUT2D eigenvalue weighted by Crippen LogP contribution is -2.39. The second-order valence-corrected chi connectivity index (χ2v) is 11.0. The summed E-state index contributed by atoms with van der Waals surface area (Å²) in [6, 6.07) is 2.12. The van der Waals surface area contributed by atoms with Crippen LogP contribution in [0.25, 0.3) is 6.08 Å². The van der Waals surface area contributed by atoms with Gasteiger partial charge in [0.1, 0.15) is 21.8 Å². The average molecular weight is 501 g/mol. The molecule has 0 bridgehead atoms. The highest BCUT2D eigenvalue weighted by Gasteiger charge is 2.33. The number of carbonyl (C=O) groups is 1. The minimum Gasteiger partial charge on any atom is -0.357 e. The van der Waals surface area contributed by atoms with Gasteiger partial charge in [0.25, 0.3) is 11.5 Å². The zero-order valence-corrected chi connectivity index (χ0v) is 22.5. The fourth-order valence-electron chi connectivity index (χ4n) is 4.66. The summed E-state index contributed by atoms with van der Waals surface area (Å²) in [5.74, 6) is 1.41. The van der Waals surface area contributed by atoms with Gasteiger partial charge in [-0.2, -0.15) is 5.26 Å². The number of thiocarbonyl (C=S) groups is 1. The maximum Gasteiger partial charge on any atom is 0.270 e. The Morgan fingerprint density at radius 2 is 1.82 bits per heavy atom. The summed E-state index contributed by atoms with van der Waals surface area (Å²) >= 11 is 6.86. The fourth-order valence-corrected chi connectivity index (χ4v) is 5.95. The number of hydrogen-bond acceptors (Lipinski definition) is 6. The molecule has 34 heavy (non-hydrogen) atoms. The van der Waals surface area contributed by atoms with E-state index in [2.05, 4.69) is 24.8 Å². The third-order valence-corrected chi connectivity index (χ3v) is 8.14. The zero-order chi connectivity index (χ0) is 24.8. The molecule has 0 atom stereocenters. The molecule has 0 unspecified atom stereocenters. The van der Waals surface area contributed by atoms with Gasteiger partial charge in [-0.05, 0) is 50.2 Å². The van der Waals surface area contributed by atoms with Crippen LogP contribution in [0.4, 0.5) is 5.82 Å². The quantitative estimate of drug-likeness (QED) is 0.255. The predicted octanol–water partition coefficient (Wildman–Crippen LogP) is 5.46. The molecular formula is C26H36N4O2S2. The van der Waals surface area contributed by atoms with Crippen molar-refractivity contribution in [2.45, 2.75) is 79.2 Å². The lowest BCUT2D eigenvalue weighted by Gasteiger charge is -2.35. The standard InChI is InChI=1S/C26H36N4O2S2/c1-5-7-8-9-13-30-25(32)22(34-26(30)33)16-20-19(4)21(17-27)24(31)29(12-6-2)23(20)28-14-10-18(3)11-15-28/h16,18H,5-15H2,1-4H3/b22-16+. The molecule has 0 radical (unpaired) electrons. The van der Waals surface area contributed by atoms with Crippen LogP contribution in [-0.2, 0) is 11.3 Å². The van der Waals surface area contributed by atoms with Gasteiger partial charge in [-0.25, -0.2) is 0 Å². The summed E-state index contributed by atoms with van der Waals surface area (Å²) in [4.78, 5) is 31.1. The molecule has 2 saturated heterocycles. The van der Waals surface area contributed by atoms with Crippen molar-refractivity contribution >= 4 is 46.1 Å². The first-order valence-electron chi connectivity index (χ1n) is 12.5. The lowest BCUT2D eigenvalue weighted by molar-refractivity contribution is -0.122. The van der Waals surface area contributed by atoms with E-state index in [1.165, 1.54) is 11.8 Å². The molecule has 3 rings (SSSR count). The Labute approximate surface area is 213 Å². The largest absolute Gasteiger partial charge is 0.357 e. The Bertz CT molecular complexity index is 1060. The Morgan fingerprint density at radius 3 is 2.44 bits per heavy atom. The van der Waals surface area contributed by atoms with E-state index in [4.69, 9.17) is 12.2 Å². The van der Waals surface area contributed by atoms with E-state index in [1.807, 2.05) is 19.9 Å². The van der Waals surface area contributed by atoms with Crippen LogP contribution in [0.2, 0.25) is 0 Å². The van der Waals surface area contributed by atoms with Crippen molar-refractivity contribution in [2.75, 3.05) is 24.5 Å². The van der Waals surface area contributed by atoms with E-state index >= 15 is 0 Å². The van der Waals surface area contributed by atoms with Crippen molar-refractivity contribution in [3.8, 4) is 6.07 Å². The van der Waals surface area contributed by atoms with E-state index in [9.17, 15) is 14.9 Å². The van der Waals surface area contributed by atoms with Crippen molar-refractivity contribution in [2.24, 2.45) is 5.92 Å². The van der Waals surface area contributed by atoms with Crippen molar-refractivity contribution in [3.05, 3.63) is 31.9 Å². The minimum atomic E-state index is -0.240. The topological polar surface area (TPSA) is 69.3 Å². The maximum absolute atomic E-state index is 13.3.